The first-order valence-corrected chi connectivity index (χ1v) is 6.04. The maximum Gasteiger partial charge on any atom is 0.00256 e. The Morgan fingerprint density at radius 2 is 1.86 bits per heavy atom. The van der Waals surface area contributed by atoms with Crippen LogP contribution in [0, 0.1) is 11.8 Å². The van der Waals surface area contributed by atoms with Crippen molar-refractivity contribution < 1.29 is 0 Å². The molecule has 1 atom stereocenters. The lowest BCUT2D eigenvalue weighted by Gasteiger charge is -2.18. The zero-order valence-corrected chi connectivity index (χ0v) is 8.91. The first-order valence-electron chi connectivity index (χ1n) is 6.04. The summed E-state index contributed by atoms with van der Waals surface area (Å²) >= 11 is 0. The molecule has 0 heteroatoms. The van der Waals surface area contributed by atoms with E-state index in [9.17, 15) is 0 Å². The van der Waals surface area contributed by atoms with Gasteiger partial charge in [0.25, 0.3) is 0 Å². The summed E-state index contributed by atoms with van der Waals surface area (Å²) in [5.41, 5.74) is 3.22. The summed E-state index contributed by atoms with van der Waals surface area (Å²) in [7, 11) is 0. The van der Waals surface area contributed by atoms with Gasteiger partial charge in [0.05, 0.1) is 0 Å². The smallest absolute Gasteiger partial charge is 0.00256 e. The number of hydrogen-bond acceptors (Lipinski definition) is 0. The van der Waals surface area contributed by atoms with Crippen molar-refractivity contribution in [2.75, 3.05) is 0 Å². The fourth-order valence-corrected chi connectivity index (χ4v) is 2.41. The van der Waals surface area contributed by atoms with Crippen molar-refractivity contribution in [3.8, 4) is 0 Å². The molecule has 2 rings (SSSR count). The molecule has 2 aliphatic carbocycles. The fraction of sp³-hybridized carbons (Fsp3) is 0.643. The zero-order chi connectivity index (χ0) is 9.64. The van der Waals surface area contributed by atoms with Gasteiger partial charge >= 0.3 is 0 Å². The van der Waals surface area contributed by atoms with Crippen LogP contribution in [0.2, 0.25) is 0 Å². The van der Waals surface area contributed by atoms with Crippen LogP contribution in [0.15, 0.2) is 30.0 Å². The molecule has 0 spiro atoms. The summed E-state index contributed by atoms with van der Waals surface area (Å²) in [6, 6.07) is 0. The highest BCUT2D eigenvalue weighted by Crippen LogP contribution is 2.25. The van der Waals surface area contributed by atoms with Crippen molar-refractivity contribution in [3.63, 3.8) is 0 Å². The van der Waals surface area contributed by atoms with E-state index in [1.807, 2.05) is 0 Å². The Labute approximate surface area is 87.4 Å². The molecule has 0 heterocycles. The lowest BCUT2D eigenvalue weighted by atomic mass is 9.87. The lowest BCUT2D eigenvalue weighted by molar-refractivity contribution is 0.418. The molecule has 0 aromatic heterocycles. The van der Waals surface area contributed by atoms with Crippen molar-refractivity contribution >= 4 is 0 Å². The van der Waals surface area contributed by atoms with Crippen molar-refractivity contribution in [1.29, 1.82) is 0 Å². The van der Waals surface area contributed by atoms with Gasteiger partial charge in [0.2, 0.25) is 0 Å². The summed E-state index contributed by atoms with van der Waals surface area (Å²) < 4.78 is 0. The maximum atomic E-state index is 3.22. The summed E-state index contributed by atoms with van der Waals surface area (Å²) in [5.74, 6) is 1.55. The Morgan fingerprint density at radius 1 is 1.00 bits per heavy atom. The van der Waals surface area contributed by atoms with Gasteiger partial charge in [0, 0.05) is 5.92 Å². The average Bonchev–Trinajstić information content (AvgIpc) is 2.29. The summed E-state index contributed by atoms with van der Waals surface area (Å²) in [6.07, 6.45) is 18.9. The fourth-order valence-electron chi connectivity index (χ4n) is 2.41. The highest BCUT2D eigenvalue weighted by Gasteiger charge is 2.10. The molecule has 1 saturated carbocycles. The highest BCUT2D eigenvalue weighted by molar-refractivity contribution is 5.06. The second-order valence-electron chi connectivity index (χ2n) is 4.56. The molecule has 0 bridgehead atoms. The molecule has 0 nitrogen and oxygen atoms in total. The normalized spacial score (nSPS) is 28.7. The Bertz CT molecular complexity index is 247. The number of hydrogen-bond donors (Lipinski definition) is 0. The topological polar surface area (TPSA) is 0 Å². The molecule has 0 aliphatic heterocycles. The molecule has 0 amide bonds. The van der Waals surface area contributed by atoms with Crippen LogP contribution < -0.4 is 0 Å². The molecule has 76 valence electrons. The zero-order valence-electron chi connectivity index (χ0n) is 8.91. The van der Waals surface area contributed by atoms with Gasteiger partial charge < -0.3 is 0 Å². The molecule has 2 aliphatic rings. The van der Waals surface area contributed by atoms with Gasteiger partial charge in [-0.1, -0.05) is 31.4 Å². The SMILES string of the molecule is C1=CCCC(/C=C/C2CCCCC2)C=1. The van der Waals surface area contributed by atoms with E-state index >= 15 is 0 Å². The molecule has 0 saturated heterocycles. The van der Waals surface area contributed by atoms with Gasteiger partial charge in [0.15, 0.2) is 0 Å². The predicted octanol–water partition coefficient (Wildman–Crippen LogP) is 4.24. The Kier molecular flexibility index (Phi) is 3.65. The van der Waals surface area contributed by atoms with E-state index in [1.165, 1.54) is 44.9 Å². The summed E-state index contributed by atoms with van der Waals surface area (Å²) in [6.45, 7) is 0. The lowest BCUT2D eigenvalue weighted by Crippen LogP contribution is -2.03. The van der Waals surface area contributed by atoms with Crippen molar-refractivity contribution in [3.05, 3.63) is 30.0 Å². The molecule has 0 aromatic carbocycles. The van der Waals surface area contributed by atoms with Gasteiger partial charge in [-0.3, -0.25) is 0 Å². The van der Waals surface area contributed by atoms with Gasteiger partial charge in [-0.05, 0) is 43.8 Å². The summed E-state index contributed by atoms with van der Waals surface area (Å²) in [5, 5.41) is 0. The van der Waals surface area contributed by atoms with Crippen LogP contribution in [0.5, 0.6) is 0 Å². The molecule has 0 radical (unpaired) electrons. The van der Waals surface area contributed by atoms with E-state index in [0.717, 1.165) is 5.92 Å². The van der Waals surface area contributed by atoms with Gasteiger partial charge in [-0.25, -0.2) is 0 Å². The monoisotopic (exact) mass is 188 g/mol. The molecule has 14 heavy (non-hydrogen) atoms. The van der Waals surface area contributed by atoms with E-state index in [1.54, 1.807) is 0 Å². The van der Waals surface area contributed by atoms with Crippen LogP contribution in [0.1, 0.15) is 44.9 Å². The van der Waals surface area contributed by atoms with E-state index in [0.29, 0.717) is 5.92 Å². The van der Waals surface area contributed by atoms with Crippen molar-refractivity contribution in [1.82, 2.24) is 0 Å². The van der Waals surface area contributed by atoms with Gasteiger partial charge in [0.1, 0.15) is 0 Å². The van der Waals surface area contributed by atoms with E-state index in [2.05, 4.69) is 30.0 Å². The predicted molar refractivity (Wildman–Crippen MR) is 61.1 cm³/mol. The third kappa shape index (κ3) is 2.89. The first-order chi connectivity index (χ1) is 6.95. The third-order valence-electron chi connectivity index (χ3n) is 3.35. The number of rotatable bonds is 2. The Balaban J connectivity index is 1.82. The van der Waals surface area contributed by atoms with E-state index in [-0.39, 0.29) is 0 Å². The molecule has 0 aromatic rings. The van der Waals surface area contributed by atoms with Crippen LogP contribution >= 0.6 is 0 Å². The van der Waals surface area contributed by atoms with E-state index < -0.39 is 0 Å². The third-order valence-corrected chi connectivity index (χ3v) is 3.35. The second-order valence-corrected chi connectivity index (χ2v) is 4.56. The first kappa shape index (κ1) is 9.80. The molecule has 1 fully saturated rings. The maximum absolute atomic E-state index is 3.22. The highest BCUT2D eigenvalue weighted by atomic mass is 14.2. The minimum Gasteiger partial charge on any atom is -0.129 e. The van der Waals surface area contributed by atoms with Crippen LogP contribution in [0.3, 0.4) is 0 Å². The molecular weight excluding hydrogens is 168 g/mol. The standard InChI is InChI=1S/C14H20/c1-3-7-13(8-4-1)11-12-14-9-5-2-6-10-14/h1,8,11-14H,2-3,5-7,9-10H2/b12-11+. The van der Waals surface area contributed by atoms with E-state index in [4.69, 9.17) is 0 Å². The average molecular weight is 188 g/mol. The van der Waals surface area contributed by atoms with Gasteiger partial charge in [-0.15, -0.1) is 5.73 Å². The Hall–Kier alpha value is -0.740. The minimum atomic E-state index is 0.668. The van der Waals surface area contributed by atoms with Gasteiger partial charge in [-0.2, -0.15) is 0 Å². The van der Waals surface area contributed by atoms with Crippen molar-refractivity contribution in [2.24, 2.45) is 11.8 Å². The van der Waals surface area contributed by atoms with Crippen LogP contribution in [0.4, 0.5) is 0 Å². The number of allylic oxidation sites excluding steroid dienone is 3. The van der Waals surface area contributed by atoms with Crippen LogP contribution in [0.25, 0.3) is 0 Å². The van der Waals surface area contributed by atoms with Crippen LogP contribution in [-0.2, 0) is 0 Å². The molecule has 1 unspecified atom stereocenters. The Morgan fingerprint density at radius 3 is 2.57 bits per heavy atom. The summed E-state index contributed by atoms with van der Waals surface area (Å²) in [4.78, 5) is 0. The minimum absolute atomic E-state index is 0.668. The molecular formula is C14H20. The van der Waals surface area contributed by atoms with Crippen LogP contribution in [-0.4, -0.2) is 0 Å². The quantitative estimate of drug-likeness (QED) is 0.449. The largest absolute Gasteiger partial charge is 0.129 e. The molecule has 0 N–H and O–H groups in total. The van der Waals surface area contributed by atoms with Crippen molar-refractivity contribution in [2.45, 2.75) is 44.9 Å². The second kappa shape index (κ2) is 5.22.